The molecule has 0 radical (unpaired) electrons. The van der Waals surface area contributed by atoms with E-state index in [0.29, 0.717) is 6.61 Å². The van der Waals surface area contributed by atoms with Gasteiger partial charge in [-0.3, -0.25) is 0 Å². The molecule has 3 nitrogen and oxygen atoms in total. The smallest absolute Gasteiger partial charge is 0.119 e. The van der Waals surface area contributed by atoms with Crippen LogP contribution in [0.15, 0.2) is 49.4 Å². The summed E-state index contributed by atoms with van der Waals surface area (Å²) in [5.41, 5.74) is 2.06. The molecule has 0 saturated carbocycles. The fraction of sp³-hybridized carbons (Fsp3) is 0.154. The number of aromatic nitrogens is 2. The molecule has 90 valence electrons. The van der Waals surface area contributed by atoms with Crippen LogP contribution in [0.3, 0.4) is 0 Å². The van der Waals surface area contributed by atoms with Gasteiger partial charge in [-0.25, -0.2) is 4.98 Å². The maximum atomic E-state index is 5.41. The molecule has 0 aliphatic rings. The second-order valence-electron chi connectivity index (χ2n) is 3.55. The molecule has 0 spiro atoms. The third-order valence-corrected chi connectivity index (χ3v) is 2.22. The van der Waals surface area contributed by atoms with E-state index in [-0.39, 0.29) is 12.4 Å². The summed E-state index contributed by atoms with van der Waals surface area (Å²) in [6.45, 7) is 4.14. The standard InChI is InChI=1S/C13H14N2O.ClH/c1-3-8-16-12-6-4-11(5-7-12)13-9-15(2)10-14-13;/h3-7,9-10H,1,8H2,2H3;1H. The van der Waals surface area contributed by atoms with Crippen molar-refractivity contribution in [2.45, 2.75) is 0 Å². The van der Waals surface area contributed by atoms with E-state index in [2.05, 4.69) is 11.6 Å². The Kier molecular flexibility index (Phi) is 4.79. The number of aryl methyl sites for hydroxylation is 1. The highest BCUT2D eigenvalue weighted by Crippen LogP contribution is 2.20. The van der Waals surface area contributed by atoms with Gasteiger partial charge in [-0.05, 0) is 24.3 Å². The van der Waals surface area contributed by atoms with Crippen LogP contribution in [0.5, 0.6) is 5.75 Å². The number of rotatable bonds is 4. The van der Waals surface area contributed by atoms with Gasteiger partial charge in [-0.1, -0.05) is 12.7 Å². The lowest BCUT2D eigenvalue weighted by atomic mass is 10.2. The molecular weight excluding hydrogens is 236 g/mol. The maximum absolute atomic E-state index is 5.41. The Morgan fingerprint density at radius 1 is 1.35 bits per heavy atom. The number of halogens is 1. The Hall–Kier alpha value is -1.74. The van der Waals surface area contributed by atoms with E-state index in [1.165, 1.54) is 0 Å². The van der Waals surface area contributed by atoms with Crippen LogP contribution in [0, 0.1) is 0 Å². The molecule has 2 rings (SSSR count). The minimum Gasteiger partial charge on any atom is -0.490 e. The van der Waals surface area contributed by atoms with Gasteiger partial charge in [0, 0.05) is 18.8 Å². The van der Waals surface area contributed by atoms with Gasteiger partial charge in [0.1, 0.15) is 12.4 Å². The Bertz CT molecular complexity index is 476. The van der Waals surface area contributed by atoms with Gasteiger partial charge in [-0.15, -0.1) is 12.4 Å². The highest BCUT2D eigenvalue weighted by molar-refractivity contribution is 5.85. The molecule has 0 unspecified atom stereocenters. The third kappa shape index (κ3) is 3.36. The zero-order valence-electron chi connectivity index (χ0n) is 9.67. The molecule has 1 aromatic heterocycles. The van der Waals surface area contributed by atoms with Gasteiger partial charge < -0.3 is 9.30 Å². The van der Waals surface area contributed by atoms with E-state index in [9.17, 15) is 0 Å². The average Bonchev–Trinajstić information content (AvgIpc) is 2.74. The monoisotopic (exact) mass is 250 g/mol. The summed E-state index contributed by atoms with van der Waals surface area (Å²) in [5, 5.41) is 0. The molecule has 4 heteroatoms. The second-order valence-corrected chi connectivity index (χ2v) is 3.55. The van der Waals surface area contributed by atoms with Crippen LogP contribution in [0.25, 0.3) is 11.3 Å². The fourth-order valence-corrected chi connectivity index (χ4v) is 1.44. The van der Waals surface area contributed by atoms with Crippen molar-refractivity contribution in [1.82, 2.24) is 9.55 Å². The molecule has 0 bridgehead atoms. The highest BCUT2D eigenvalue weighted by Gasteiger charge is 2.00. The van der Waals surface area contributed by atoms with E-state index >= 15 is 0 Å². The molecule has 0 aliphatic carbocycles. The van der Waals surface area contributed by atoms with Crippen molar-refractivity contribution in [1.29, 1.82) is 0 Å². The minimum atomic E-state index is 0. The van der Waals surface area contributed by atoms with E-state index in [1.54, 1.807) is 12.4 Å². The van der Waals surface area contributed by atoms with Crippen molar-refractivity contribution in [2.24, 2.45) is 7.05 Å². The minimum absolute atomic E-state index is 0. The number of ether oxygens (including phenoxy) is 1. The van der Waals surface area contributed by atoms with E-state index < -0.39 is 0 Å². The van der Waals surface area contributed by atoms with Crippen LogP contribution < -0.4 is 4.74 Å². The molecule has 1 heterocycles. The quantitative estimate of drug-likeness (QED) is 0.780. The van der Waals surface area contributed by atoms with Crippen molar-refractivity contribution in [3.8, 4) is 17.0 Å². The van der Waals surface area contributed by atoms with Crippen molar-refractivity contribution in [2.75, 3.05) is 6.61 Å². The summed E-state index contributed by atoms with van der Waals surface area (Å²) >= 11 is 0. The molecule has 0 fully saturated rings. The zero-order valence-corrected chi connectivity index (χ0v) is 10.5. The molecule has 0 saturated heterocycles. The van der Waals surface area contributed by atoms with Gasteiger partial charge in [0.25, 0.3) is 0 Å². The largest absolute Gasteiger partial charge is 0.490 e. The first-order valence-corrected chi connectivity index (χ1v) is 5.11. The summed E-state index contributed by atoms with van der Waals surface area (Å²) in [6, 6.07) is 7.88. The molecule has 2 aromatic rings. The first-order valence-electron chi connectivity index (χ1n) is 5.11. The lowest BCUT2D eigenvalue weighted by Crippen LogP contribution is -1.92. The van der Waals surface area contributed by atoms with Gasteiger partial charge in [-0.2, -0.15) is 0 Å². The van der Waals surface area contributed by atoms with Gasteiger partial charge >= 0.3 is 0 Å². The Balaban J connectivity index is 0.00000144. The predicted octanol–water partition coefficient (Wildman–Crippen LogP) is 3.07. The van der Waals surface area contributed by atoms with Crippen LogP contribution >= 0.6 is 12.4 Å². The third-order valence-electron chi connectivity index (χ3n) is 2.22. The van der Waals surface area contributed by atoms with Crippen LogP contribution in [0.1, 0.15) is 0 Å². The van der Waals surface area contributed by atoms with Crippen LogP contribution in [0.4, 0.5) is 0 Å². The number of hydrogen-bond acceptors (Lipinski definition) is 2. The van der Waals surface area contributed by atoms with Crippen molar-refractivity contribution in [3.63, 3.8) is 0 Å². The van der Waals surface area contributed by atoms with E-state index in [1.807, 2.05) is 42.1 Å². The Morgan fingerprint density at radius 3 is 2.59 bits per heavy atom. The molecular formula is C13H15ClN2O. The highest BCUT2D eigenvalue weighted by atomic mass is 35.5. The number of nitrogens with zero attached hydrogens (tertiary/aromatic N) is 2. The van der Waals surface area contributed by atoms with Crippen molar-refractivity contribution < 1.29 is 4.74 Å². The lowest BCUT2D eigenvalue weighted by Gasteiger charge is -2.03. The first-order chi connectivity index (χ1) is 7.79. The Morgan fingerprint density at radius 2 is 2.06 bits per heavy atom. The summed E-state index contributed by atoms with van der Waals surface area (Å²) in [5.74, 6) is 0.847. The van der Waals surface area contributed by atoms with E-state index in [0.717, 1.165) is 17.0 Å². The van der Waals surface area contributed by atoms with Crippen LogP contribution in [-0.2, 0) is 7.05 Å². The summed E-state index contributed by atoms with van der Waals surface area (Å²) in [4.78, 5) is 4.28. The molecule has 0 amide bonds. The van der Waals surface area contributed by atoms with E-state index in [4.69, 9.17) is 4.74 Å². The topological polar surface area (TPSA) is 27.1 Å². The number of imidazole rings is 1. The van der Waals surface area contributed by atoms with Gasteiger partial charge in [0.15, 0.2) is 0 Å². The van der Waals surface area contributed by atoms with Gasteiger partial charge in [0.2, 0.25) is 0 Å². The zero-order chi connectivity index (χ0) is 11.4. The van der Waals surface area contributed by atoms with Crippen molar-refractivity contribution >= 4 is 12.4 Å². The Labute approximate surface area is 107 Å². The van der Waals surface area contributed by atoms with Crippen LogP contribution in [-0.4, -0.2) is 16.2 Å². The predicted molar refractivity (Wildman–Crippen MR) is 71.6 cm³/mol. The normalized spacial score (nSPS) is 9.47. The maximum Gasteiger partial charge on any atom is 0.119 e. The van der Waals surface area contributed by atoms with Gasteiger partial charge in [0.05, 0.1) is 12.0 Å². The summed E-state index contributed by atoms with van der Waals surface area (Å²) < 4.78 is 7.34. The molecule has 0 atom stereocenters. The summed E-state index contributed by atoms with van der Waals surface area (Å²) in [7, 11) is 1.96. The average molecular weight is 251 g/mol. The fourth-order valence-electron chi connectivity index (χ4n) is 1.44. The second kappa shape index (κ2) is 6.11. The first kappa shape index (κ1) is 13.3. The lowest BCUT2D eigenvalue weighted by molar-refractivity contribution is 0.363. The SMILES string of the molecule is C=CCOc1ccc(-c2cn(C)cn2)cc1.Cl. The summed E-state index contributed by atoms with van der Waals surface area (Å²) in [6.07, 6.45) is 5.50. The molecule has 1 aromatic carbocycles. The number of benzene rings is 1. The van der Waals surface area contributed by atoms with Crippen molar-refractivity contribution in [3.05, 3.63) is 49.4 Å². The molecule has 17 heavy (non-hydrogen) atoms. The molecule has 0 N–H and O–H groups in total. The van der Waals surface area contributed by atoms with Crippen LogP contribution in [0.2, 0.25) is 0 Å². The molecule has 0 aliphatic heterocycles. The number of hydrogen-bond donors (Lipinski definition) is 0.